The van der Waals surface area contributed by atoms with Crippen molar-refractivity contribution in [3.05, 3.63) is 46.4 Å². The zero-order valence-electron chi connectivity index (χ0n) is 23.5. The monoisotopic (exact) mass is 545 g/mol. The molecule has 0 saturated heterocycles. The van der Waals surface area contributed by atoms with Gasteiger partial charge in [0.25, 0.3) is 0 Å². The molecule has 0 spiro atoms. The molecule has 9 heteroatoms. The summed E-state index contributed by atoms with van der Waals surface area (Å²) >= 11 is 0. The number of ether oxygens (including phenoxy) is 1. The van der Waals surface area contributed by atoms with Crippen LogP contribution in [0.15, 0.2) is 35.2 Å². The Balaban J connectivity index is 1.63. The van der Waals surface area contributed by atoms with Gasteiger partial charge in [-0.25, -0.2) is 0 Å². The van der Waals surface area contributed by atoms with Gasteiger partial charge in [0.2, 0.25) is 0 Å². The lowest BCUT2D eigenvalue weighted by Crippen LogP contribution is -2.39. The fourth-order valence-electron chi connectivity index (χ4n) is 6.30. The quantitative estimate of drug-likeness (QED) is 0.318. The summed E-state index contributed by atoms with van der Waals surface area (Å²) in [4.78, 5) is 28.5. The third-order valence-electron chi connectivity index (χ3n) is 8.26. The van der Waals surface area contributed by atoms with E-state index in [0.29, 0.717) is 62.0 Å². The second-order valence-electron chi connectivity index (χ2n) is 10.9. The molecule has 0 N–H and O–H groups in total. The summed E-state index contributed by atoms with van der Waals surface area (Å²) in [5.41, 5.74) is 4.65. The highest BCUT2D eigenvalue weighted by Gasteiger charge is 2.35. The number of ketones is 2. The van der Waals surface area contributed by atoms with Gasteiger partial charge in [-0.3, -0.25) is 14.3 Å². The van der Waals surface area contributed by atoms with Gasteiger partial charge in [-0.2, -0.15) is 18.3 Å². The minimum absolute atomic E-state index is 0.0163. The van der Waals surface area contributed by atoms with Crippen LogP contribution in [-0.4, -0.2) is 47.2 Å². The molecule has 39 heavy (non-hydrogen) atoms. The van der Waals surface area contributed by atoms with Crippen molar-refractivity contribution in [1.82, 2.24) is 9.78 Å². The maximum absolute atomic E-state index is 13.6. The number of hydrogen-bond donors (Lipinski definition) is 0. The SMILES string of the molecule is CCN(c1c(C)c(C(=O)CCC2=C(OC)C=C(C)CC2=O)cc2c1cnn2C)C1CCC(CC(F)(F)F)CC1. The molecular formula is C30H38F3N3O3. The number of aromatic nitrogens is 2. The predicted molar refractivity (Wildman–Crippen MR) is 146 cm³/mol. The van der Waals surface area contributed by atoms with Crippen LogP contribution in [0.3, 0.4) is 0 Å². The minimum Gasteiger partial charge on any atom is -0.496 e. The molecule has 0 atom stereocenters. The van der Waals surface area contributed by atoms with Crippen molar-refractivity contribution >= 4 is 28.2 Å². The maximum Gasteiger partial charge on any atom is 0.389 e. The molecule has 1 aromatic heterocycles. The zero-order valence-corrected chi connectivity index (χ0v) is 23.5. The first-order valence-corrected chi connectivity index (χ1v) is 13.7. The van der Waals surface area contributed by atoms with Crippen molar-refractivity contribution in [3.8, 4) is 0 Å². The highest BCUT2D eigenvalue weighted by atomic mass is 19.4. The molecule has 4 rings (SSSR count). The number of hydrogen-bond acceptors (Lipinski definition) is 5. The van der Waals surface area contributed by atoms with Crippen LogP contribution in [0.2, 0.25) is 0 Å². The number of fused-ring (bicyclic) bond motifs is 1. The van der Waals surface area contributed by atoms with E-state index in [9.17, 15) is 22.8 Å². The number of rotatable bonds is 9. The number of nitrogens with zero attached hydrogens (tertiary/aromatic N) is 3. The smallest absolute Gasteiger partial charge is 0.389 e. The van der Waals surface area contributed by atoms with E-state index >= 15 is 0 Å². The van der Waals surface area contributed by atoms with Crippen LogP contribution in [0.4, 0.5) is 18.9 Å². The summed E-state index contributed by atoms with van der Waals surface area (Å²) in [6.07, 6.45) is 2.02. The third-order valence-corrected chi connectivity index (χ3v) is 8.26. The highest BCUT2D eigenvalue weighted by Crippen LogP contribution is 2.40. The van der Waals surface area contributed by atoms with E-state index in [1.165, 1.54) is 7.11 Å². The Morgan fingerprint density at radius 1 is 1.21 bits per heavy atom. The Kier molecular flexibility index (Phi) is 8.57. The molecule has 1 saturated carbocycles. The standard InChI is InChI=1S/C30H38F3N3O3/c1-6-36(21-9-7-20(8-10-21)16-30(31,32)33)29-19(3)23(15-25-24(29)17-34-35(25)4)26(37)12-11-22-27(38)13-18(2)14-28(22)39-5/h14-15,17,20-21H,6-13,16H2,1-5H3. The molecule has 0 amide bonds. The number of alkyl halides is 3. The number of halogens is 3. The molecule has 1 aromatic carbocycles. The Labute approximate surface area is 227 Å². The van der Waals surface area contributed by atoms with Gasteiger partial charge in [0.05, 0.1) is 24.5 Å². The van der Waals surface area contributed by atoms with Gasteiger partial charge >= 0.3 is 6.18 Å². The van der Waals surface area contributed by atoms with Crippen LogP contribution in [-0.2, 0) is 16.6 Å². The van der Waals surface area contributed by atoms with E-state index in [1.807, 2.05) is 40.0 Å². The van der Waals surface area contributed by atoms with E-state index in [-0.39, 0.29) is 29.9 Å². The summed E-state index contributed by atoms with van der Waals surface area (Å²) in [7, 11) is 3.36. The molecule has 1 fully saturated rings. The van der Waals surface area contributed by atoms with E-state index < -0.39 is 12.6 Å². The lowest BCUT2D eigenvalue weighted by atomic mass is 9.82. The van der Waals surface area contributed by atoms with E-state index in [2.05, 4.69) is 10.00 Å². The number of Topliss-reactive ketones (excluding diaryl/α,β-unsaturated/α-hetero) is 2. The number of aryl methyl sites for hydroxylation is 1. The second-order valence-corrected chi connectivity index (χ2v) is 10.9. The molecule has 212 valence electrons. The van der Waals surface area contributed by atoms with Crippen LogP contribution in [0.1, 0.15) is 81.1 Å². The molecule has 2 aromatic rings. The molecule has 0 bridgehead atoms. The zero-order chi connectivity index (χ0) is 28.5. The van der Waals surface area contributed by atoms with Crippen molar-refractivity contribution < 1.29 is 27.5 Å². The molecule has 6 nitrogen and oxygen atoms in total. The Morgan fingerprint density at radius 2 is 1.90 bits per heavy atom. The fraction of sp³-hybridized carbons (Fsp3) is 0.567. The lowest BCUT2D eigenvalue weighted by molar-refractivity contribution is -0.146. The summed E-state index contributed by atoms with van der Waals surface area (Å²) in [6, 6.07) is 1.96. The summed E-state index contributed by atoms with van der Waals surface area (Å²) in [5.74, 6) is 0.107. The van der Waals surface area contributed by atoms with Crippen LogP contribution in [0.25, 0.3) is 10.9 Å². The molecule has 2 aliphatic carbocycles. The topological polar surface area (TPSA) is 64.4 Å². The van der Waals surface area contributed by atoms with Gasteiger partial charge in [0.15, 0.2) is 11.6 Å². The largest absolute Gasteiger partial charge is 0.496 e. The first-order chi connectivity index (χ1) is 18.4. The Morgan fingerprint density at radius 3 is 2.51 bits per heavy atom. The summed E-state index contributed by atoms with van der Waals surface area (Å²) < 4.78 is 46.0. The minimum atomic E-state index is -4.13. The van der Waals surface area contributed by atoms with Crippen molar-refractivity contribution in [3.63, 3.8) is 0 Å². The predicted octanol–water partition coefficient (Wildman–Crippen LogP) is 7.00. The van der Waals surface area contributed by atoms with Gasteiger partial charge in [0, 0.05) is 55.4 Å². The van der Waals surface area contributed by atoms with Crippen molar-refractivity contribution in [2.45, 2.75) is 84.4 Å². The van der Waals surface area contributed by atoms with Gasteiger partial charge in [-0.05, 0) is 76.5 Å². The fourth-order valence-corrected chi connectivity index (χ4v) is 6.30. The molecule has 0 aliphatic heterocycles. The van der Waals surface area contributed by atoms with E-state index in [1.54, 1.807) is 10.9 Å². The lowest BCUT2D eigenvalue weighted by Gasteiger charge is -2.39. The maximum atomic E-state index is 13.6. The summed E-state index contributed by atoms with van der Waals surface area (Å²) in [6.45, 7) is 6.53. The van der Waals surface area contributed by atoms with Gasteiger partial charge < -0.3 is 9.64 Å². The van der Waals surface area contributed by atoms with Crippen molar-refractivity contribution in [1.29, 1.82) is 0 Å². The number of allylic oxidation sites excluding steroid dienone is 3. The number of carbonyl (C=O) groups is 2. The van der Waals surface area contributed by atoms with Crippen LogP contribution < -0.4 is 4.90 Å². The van der Waals surface area contributed by atoms with Crippen molar-refractivity contribution in [2.75, 3.05) is 18.6 Å². The molecule has 2 aliphatic rings. The highest BCUT2D eigenvalue weighted by molar-refractivity contribution is 6.07. The normalized spacial score (nSPS) is 20.4. The first-order valence-electron chi connectivity index (χ1n) is 13.7. The first kappa shape index (κ1) is 28.9. The number of methoxy groups -OCH3 is 1. The third kappa shape index (κ3) is 6.23. The summed E-state index contributed by atoms with van der Waals surface area (Å²) in [5, 5.41) is 5.38. The van der Waals surface area contributed by atoms with Gasteiger partial charge in [0.1, 0.15) is 5.76 Å². The molecule has 1 heterocycles. The van der Waals surface area contributed by atoms with E-state index in [4.69, 9.17) is 4.74 Å². The van der Waals surface area contributed by atoms with Crippen LogP contribution in [0.5, 0.6) is 0 Å². The van der Waals surface area contributed by atoms with Crippen LogP contribution in [0, 0.1) is 12.8 Å². The Hall–Kier alpha value is -3.10. The van der Waals surface area contributed by atoms with Gasteiger partial charge in [-0.1, -0.05) is 5.57 Å². The average Bonchev–Trinajstić information content (AvgIpc) is 3.24. The number of benzene rings is 1. The second kappa shape index (κ2) is 11.6. The molecule has 0 radical (unpaired) electrons. The average molecular weight is 546 g/mol. The van der Waals surface area contributed by atoms with Crippen molar-refractivity contribution in [2.24, 2.45) is 13.0 Å². The van der Waals surface area contributed by atoms with Gasteiger partial charge in [-0.15, -0.1) is 0 Å². The van der Waals surface area contributed by atoms with E-state index in [0.717, 1.165) is 27.7 Å². The number of carbonyl (C=O) groups excluding carboxylic acids is 2. The Bertz CT molecular complexity index is 1310. The molecular weight excluding hydrogens is 507 g/mol. The molecule has 0 unspecified atom stereocenters. The van der Waals surface area contributed by atoms with Crippen LogP contribution >= 0.6 is 0 Å². The number of anilines is 1.